The van der Waals surface area contributed by atoms with Crippen molar-refractivity contribution >= 4 is 35.6 Å². The van der Waals surface area contributed by atoms with Gasteiger partial charge >= 0.3 is 12.0 Å². The molecule has 0 unspecified atom stereocenters. The number of carbonyl (C=O) groups excluding carboxylic acids is 3. The van der Waals surface area contributed by atoms with Gasteiger partial charge < -0.3 is 14.5 Å². The molecule has 1 fully saturated rings. The van der Waals surface area contributed by atoms with Crippen LogP contribution in [-0.4, -0.2) is 29.9 Å². The zero-order valence-electron chi connectivity index (χ0n) is 13.1. The molecule has 7 nitrogen and oxygen atoms in total. The van der Waals surface area contributed by atoms with Crippen molar-refractivity contribution in [3.8, 4) is 0 Å². The Morgan fingerprint density at radius 1 is 1.32 bits per heavy atom. The van der Waals surface area contributed by atoms with Gasteiger partial charge in [0, 0.05) is 5.02 Å². The Balaban J connectivity index is 1.77. The van der Waals surface area contributed by atoms with Gasteiger partial charge in [0.15, 0.2) is 0 Å². The van der Waals surface area contributed by atoms with Gasteiger partial charge in [-0.25, -0.2) is 9.59 Å². The first-order valence-electron chi connectivity index (χ1n) is 7.25. The van der Waals surface area contributed by atoms with Crippen molar-refractivity contribution in [2.24, 2.45) is 0 Å². The molecular formula is C17H13ClN2O5. The van der Waals surface area contributed by atoms with Gasteiger partial charge in [0.25, 0.3) is 5.91 Å². The van der Waals surface area contributed by atoms with Crippen LogP contribution in [0, 0.1) is 0 Å². The van der Waals surface area contributed by atoms with Crippen LogP contribution in [0.2, 0.25) is 5.02 Å². The molecule has 1 aliphatic heterocycles. The fraction of sp³-hybridized carbons (Fsp3) is 0.118. The van der Waals surface area contributed by atoms with E-state index in [-0.39, 0.29) is 23.8 Å². The van der Waals surface area contributed by atoms with E-state index >= 15 is 0 Å². The maximum atomic E-state index is 12.4. The fourth-order valence-electron chi connectivity index (χ4n) is 2.31. The van der Waals surface area contributed by atoms with Crippen molar-refractivity contribution < 1.29 is 23.5 Å². The highest BCUT2D eigenvalue weighted by molar-refractivity contribution is 6.30. The molecule has 2 heterocycles. The third-order valence-corrected chi connectivity index (χ3v) is 3.72. The Kier molecular flexibility index (Phi) is 4.58. The fourth-order valence-corrected chi connectivity index (χ4v) is 2.51. The Morgan fingerprint density at radius 2 is 2.12 bits per heavy atom. The molecule has 8 heteroatoms. The quantitative estimate of drug-likeness (QED) is 0.514. The van der Waals surface area contributed by atoms with Crippen LogP contribution in [0.4, 0.5) is 4.79 Å². The van der Waals surface area contributed by atoms with Gasteiger partial charge in [-0.05, 0) is 35.9 Å². The summed E-state index contributed by atoms with van der Waals surface area (Å²) in [7, 11) is 1.23. The van der Waals surface area contributed by atoms with E-state index in [9.17, 15) is 14.4 Å². The lowest BCUT2D eigenvalue weighted by atomic mass is 10.2. The van der Waals surface area contributed by atoms with Crippen LogP contribution in [0.1, 0.15) is 21.9 Å². The average molecular weight is 361 g/mol. The summed E-state index contributed by atoms with van der Waals surface area (Å²) in [6, 6.07) is 9.23. The maximum Gasteiger partial charge on any atom is 0.373 e. The standard InChI is InChI=1S/C17H13ClN2O5/c1-24-16(22)14-6-5-12(25-14)9-20-15(21)13(19-17(20)23)8-10-3-2-4-11(18)7-10/h2-8H,9H2,1H3,(H,19,23)/b13-8-. The number of hydrogen-bond acceptors (Lipinski definition) is 5. The highest BCUT2D eigenvalue weighted by Gasteiger charge is 2.34. The molecule has 0 bridgehead atoms. The van der Waals surface area contributed by atoms with Gasteiger partial charge in [-0.2, -0.15) is 0 Å². The number of benzene rings is 1. The average Bonchev–Trinajstić information content (AvgIpc) is 3.15. The minimum Gasteiger partial charge on any atom is -0.463 e. The number of amides is 3. The zero-order chi connectivity index (χ0) is 18.0. The number of ether oxygens (including phenoxy) is 1. The highest BCUT2D eigenvalue weighted by Crippen LogP contribution is 2.19. The first kappa shape index (κ1) is 16.8. The van der Waals surface area contributed by atoms with Crippen molar-refractivity contribution in [2.45, 2.75) is 6.54 Å². The molecule has 2 aromatic rings. The lowest BCUT2D eigenvalue weighted by Crippen LogP contribution is -2.30. The summed E-state index contributed by atoms with van der Waals surface area (Å²) in [5, 5.41) is 3.03. The number of furan rings is 1. The van der Waals surface area contributed by atoms with E-state index in [2.05, 4.69) is 10.1 Å². The van der Waals surface area contributed by atoms with E-state index in [0.29, 0.717) is 10.6 Å². The number of nitrogens with zero attached hydrogens (tertiary/aromatic N) is 1. The van der Waals surface area contributed by atoms with Gasteiger partial charge in [-0.15, -0.1) is 0 Å². The van der Waals surface area contributed by atoms with E-state index in [4.69, 9.17) is 16.0 Å². The number of imide groups is 1. The van der Waals surface area contributed by atoms with Crippen LogP contribution in [0.5, 0.6) is 0 Å². The van der Waals surface area contributed by atoms with Crippen molar-refractivity contribution in [3.63, 3.8) is 0 Å². The van der Waals surface area contributed by atoms with Crippen molar-refractivity contribution in [1.29, 1.82) is 0 Å². The third kappa shape index (κ3) is 3.56. The second-order valence-electron chi connectivity index (χ2n) is 5.19. The van der Waals surface area contributed by atoms with Gasteiger partial charge in [-0.3, -0.25) is 9.69 Å². The van der Waals surface area contributed by atoms with E-state index in [1.165, 1.54) is 25.3 Å². The van der Waals surface area contributed by atoms with Crippen LogP contribution in [0.15, 0.2) is 46.5 Å². The molecule has 3 rings (SSSR count). The first-order valence-corrected chi connectivity index (χ1v) is 7.63. The summed E-state index contributed by atoms with van der Waals surface area (Å²) < 4.78 is 9.82. The zero-order valence-corrected chi connectivity index (χ0v) is 13.9. The van der Waals surface area contributed by atoms with Crippen LogP contribution in [-0.2, 0) is 16.1 Å². The molecule has 1 saturated heterocycles. The number of methoxy groups -OCH3 is 1. The summed E-state index contributed by atoms with van der Waals surface area (Å²) in [5.41, 5.74) is 0.816. The highest BCUT2D eigenvalue weighted by atomic mass is 35.5. The molecule has 0 radical (unpaired) electrons. The third-order valence-electron chi connectivity index (χ3n) is 3.48. The number of hydrogen-bond donors (Lipinski definition) is 1. The number of esters is 1. The minimum atomic E-state index is -0.634. The lowest BCUT2D eigenvalue weighted by molar-refractivity contribution is -0.123. The summed E-state index contributed by atoms with van der Waals surface area (Å²) in [4.78, 5) is 36.8. The van der Waals surface area contributed by atoms with Crippen LogP contribution < -0.4 is 5.32 Å². The molecule has 1 aromatic carbocycles. The number of urea groups is 1. The number of halogens is 1. The second-order valence-corrected chi connectivity index (χ2v) is 5.63. The predicted molar refractivity (Wildman–Crippen MR) is 88.6 cm³/mol. The second kappa shape index (κ2) is 6.82. The van der Waals surface area contributed by atoms with Crippen molar-refractivity contribution in [2.75, 3.05) is 7.11 Å². The molecule has 25 heavy (non-hydrogen) atoms. The molecule has 0 saturated carbocycles. The van der Waals surface area contributed by atoms with Gasteiger partial charge in [0.2, 0.25) is 5.76 Å². The number of rotatable bonds is 4. The normalized spacial score (nSPS) is 15.6. The topological polar surface area (TPSA) is 88.9 Å². The Bertz CT molecular complexity index is 887. The molecule has 1 N–H and O–H groups in total. The van der Waals surface area contributed by atoms with Gasteiger partial charge in [0.05, 0.1) is 13.7 Å². The molecule has 0 spiro atoms. The maximum absolute atomic E-state index is 12.4. The van der Waals surface area contributed by atoms with Gasteiger partial charge in [0.1, 0.15) is 11.5 Å². The molecular weight excluding hydrogens is 348 g/mol. The molecule has 0 atom stereocenters. The van der Waals surface area contributed by atoms with Crippen LogP contribution in [0.25, 0.3) is 6.08 Å². The Hall–Kier alpha value is -3.06. The first-order chi connectivity index (χ1) is 12.0. The van der Waals surface area contributed by atoms with Crippen molar-refractivity contribution in [1.82, 2.24) is 10.2 Å². The molecule has 128 valence electrons. The monoisotopic (exact) mass is 360 g/mol. The molecule has 1 aromatic heterocycles. The summed E-state index contributed by atoms with van der Waals surface area (Å²) in [6.07, 6.45) is 1.54. The Labute approximate surface area is 147 Å². The van der Waals surface area contributed by atoms with Gasteiger partial charge in [-0.1, -0.05) is 23.7 Å². The summed E-state index contributed by atoms with van der Waals surface area (Å²) in [5.74, 6) is -0.849. The van der Waals surface area contributed by atoms with Crippen molar-refractivity contribution in [3.05, 3.63) is 64.2 Å². The lowest BCUT2D eigenvalue weighted by Gasteiger charge is -2.09. The summed E-state index contributed by atoms with van der Waals surface area (Å²) in [6.45, 7) is -0.103. The summed E-state index contributed by atoms with van der Waals surface area (Å²) >= 11 is 5.91. The van der Waals surface area contributed by atoms with E-state index < -0.39 is 17.9 Å². The number of nitrogens with one attached hydrogen (secondary N) is 1. The molecule has 3 amide bonds. The predicted octanol–water partition coefficient (Wildman–Crippen LogP) is 2.81. The smallest absolute Gasteiger partial charge is 0.373 e. The Morgan fingerprint density at radius 3 is 2.84 bits per heavy atom. The minimum absolute atomic E-state index is 0.000697. The van der Waals surface area contributed by atoms with Crippen LogP contribution >= 0.6 is 11.6 Å². The number of carbonyl (C=O) groups is 3. The van der Waals surface area contributed by atoms with E-state index in [1.807, 2.05) is 0 Å². The largest absolute Gasteiger partial charge is 0.463 e. The molecule has 1 aliphatic rings. The van der Waals surface area contributed by atoms with Crippen LogP contribution in [0.3, 0.4) is 0 Å². The SMILES string of the molecule is COC(=O)c1ccc(CN2C(=O)N/C(=C\c3cccc(Cl)c3)C2=O)o1. The van der Waals surface area contributed by atoms with E-state index in [0.717, 1.165) is 4.90 Å². The van der Waals surface area contributed by atoms with E-state index in [1.54, 1.807) is 24.3 Å². The molecule has 0 aliphatic carbocycles.